The fraction of sp³-hybridized carbons (Fsp3) is 0.292. The molecule has 0 saturated carbocycles. The van der Waals surface area contributed by atoms with Gasteiger partial charge in [-0.15, -0.1) is 17.5 Å². The number of nitrogens with zero attached hydrogens (tertiary/aromatic N) is 7. The van der Waals surface area contributed by atoms with Crippen molar-refractivity contribution in [2.24, 2.45) is 0 Å². The van der Waals surface area contributed by atoms with E-state index in [-0.39, 0.29) is 28.9 Å². The second kappa shape index (κ2) is 11.3. The van der Waals surface area contributed by atoms with Crippen molar-refractivity contribution in [3.63, 3.8) is 0 Å². The summed E-state index contributed by atoms with van der Waals surface area (Å²) >= 11 is 1.01. The number of aliphatic carboxylic acids is 1. The third kappa shape index (κ3) is 5.28. The summed E-state index contributed by atoms with van der Waals surface area (Å²) in [6, 6.07) is 5.80. The van der Waals surface area contributed by atoms with Gasteiger partial charge in [-0.2, -0.15) is 9.50 Å². The van der Waals surface area contributed by atoms with Crippen LogP contribution in [0.25, 0.3) is 27.6 Å². The van der Waals surface area contributed by atoms with Gasteiger partial charge in [0.2, 0.25) is 11.8 Å². The van der Waals surface area contributed by atoms with E-state index >= 15 is 0 Å². The second-order valence-corrected chi connectivity index (χ2v) is 9.97. The largest absolute Gasteiger partial charge is 0.479 e. The number of hydrogen-bond donors (Lipinski definition) is 2. The maximum atomic E-state index is 14.9. The number of ether oxygens (including phenoxy) is 1. The molecule has 1 aliphatic rings. The van der Waals surface area contributed by atoms with E-state index in [4.69, 9.17) is 20.0 Å². The summed E-state index contributed by atoms with van der Waals surface area (Å²) in [5.41, 5.74) is 7.10. The molecule has 0 amide bonds. The number of rotatable bonds is 8. The fourth-order valence-electron chi connectivity index (χ4n) is 4.62. The highest BCUT2D eigenvalue weighted by Gasteiger charge is 2.25. The molecule has 0 radical (unpaired) electrons. The lowest BCUT2D eigenvalue weighted by Crippen LogP contribution is -2.47. The zero-order valence-electron chi connectivity index (χ0n) is 21.2. The molecule has 5 aromatic rings. The number of hydrogen-bond acceptors (Lipinski definition) is 11. The van der Waals surface area contributed by atoms with Gasteiger partial charge < -0.3 is 24.9 Å². The van der Waals surface area contributed by atoms with E-state index in [1.807, 2.05) is 0 Å². The number of halogens is 3. The van der Waals surface area contributed by atoms with E-state index in [1.54, 1.807) is 21.6 Å². The van der Waals surface area contributed by atoms with Crippen LogP contribution in [0.5, 0.6) is 5.75 Å². The summed E-state index contributed by atoms with van der Waals surface area (Å²) < 4.78 is 42.6. The number of nitrogens with two attached hydrogens (primary N) is 1. The third-order valence-corrected chi connectivity index (χ3v) is 7.54. The van der Waals surface area contributed by atoms with Crippen LogP contribution >= 0.6 is 23.7 Å². The molecule has 0 spiro atoms. The summed E-state index contributed by atoms with van der Waals surface area (Å²) in [4.78, 5) is 36.2. The van der Waals surface area contributed by atoms with Crippen molar-refractivity contribution in [2.45, 2.75) is 6.54 Å². The number of furan rings is 1. The fourth-order valence-corrected chi connectivity index (χ4v) is 5.56. The molecule has 0 atom stereocenters. The second-order valence-electron chi connectivity index (χ2n) is 9.01. The van der Waals surface area contributed by atoms with Gasteiger partial charge in [-0.25, -0.2) is 18.6 Å². The van der Waals surface area contributed by atoms with Crippen LogP contribution in [0.15, 0.2) is 39.7 Å². The molecule has 17 heteroatoms. The van der Waals surface area contributed by atoms with Crippen LogP contribution in [0.2, 0.25) is 0 Å². The van der Waals surface area contributed by atoms with Crippen molar-refractivity contribution in [2.75, 3.05) is 50.0 Å². The number of carboxylic acids is 1. The van der Waals surface area contributed by atoms with Crippen LogP contribution in [0, 0.1) is 11.6 Å². The van der Waals surface area contributed by atoms with Gasteiger partial charge in [-0.05, 0) is 24.3 Å². The number of aromatic nitrogens is 5. The van der Waals surface area contributed by atoms with Gasteiger partial charge in [-0.1, -0.05) is 11.3 Å². The van der Waals surface area contributed by atoms with Gasteiger partial charge in [0.15, 0.2) is 41.0 Å². The molecule has 0 aliphatic carbocycles. The Morgan fingerprint density at radius 2 is 1.90 bits per heavy atom. The molecule has 1 saturated heterocycles. The van der Waals surface area contributed by atoms with Crippen molar-refractivity contribution in [1.29, 1.82) is 0 Å². The minimum absolute atomic E-state index is 0. The Morgan fingerprint density at radius 1 is 1.12 bits per heavy atom. The number of fused-ring (bicyclic) bond motifs is 3. The Balaban J connectivity index is 0.00000337. The first-order chi connectivity index (χ1) is 19.3. The smallest absolute Gasteiger partial charge is 0.341 e. The van der Waals surface area contributed by atoms with Crippen molar-refractivity contribution in [3.05, 3.63) is 51.8 Å². The van der Waals surface area contributed by atoms with Gasteiger partial charge in [0, 0.05) is 39.3 Å². The van der Waals surface area contributed by atoms with E-state index < -0.39 is 30.0 Å². The van der Waals surface area contributed by atoms with Crippen LogP contribution < -0.4 is 20.2 Å². The highest BCUT2D eigenvalue weighted by Crippen LogP contribution is 2.31. The highest BCUT2D eigenvalue weighted by atomic mass is 35.5. The number of benzene rings is 1. The van der Waals surface area contributed by atoms with Gasteiger partial charge in [0.25, 0.3) is 0 Å². The Bertz CT molecular complexity index is 1780. The van der Waals surface area contributed by atoms with E-state index in [0.717, 1.165) is 17.4 Å². The Labute approximate surface area is 239 Å². The first-order valence-electron chi connectivity index (χ1n) is 12.2. The monoisotopic (exact) mass is 608 g/mol. The molecule has 0 bridgehead atoms. The molecule has 0 unspecified atom stereocenters. The van der Waals surface area contributed by atoms with Crippen LogP contribution in [0.1, 0.15) is 0 Å². The van der Waals surface area contributed by atoms with Gasteiger partial charge in [0.05, 0.1) is 12.0 Å². The minimum atomic E-state index is -1.34. The molecule has 13 nitrogen and oxygen atoms in total. The van der Waals surface area contributed by atoms with Crippen molar-refractivity contribution in [3.8, 4) is 17.3 Å². The quantitative estimate of drug-likeness (QED) is 0.266. The number of thiazole rings is 1. The topological polar surface area (TPSA) is 157 Å². The molecular formula is C24H23ClF2N8O5S. The molecule has 216 valence electrons. The predicted octanol–water partition coefficient (Wildman–Crippen LogP) is 2.33. The van der Waals surface area contributed by atoms with Crippen molar-refractivity contribution in [1.82, 2.24) is 29.0 Å². The van der Waals surface area contributed by atoms with Gasteiger partial charge >= 0.3 is 10.8 Å². The Kier molecular flexibility index (Phi) is 7.79. The maximum absolute atomic E-state index is 14.9. The first-order valence-corrected chi connectivity index (χ1v) is 13.0. The lowest BCUT2D eigenvalue weighted by Gasteiger charge is -2.36. The summed E-state index contributed by atoms with van der Waals surface area (Å²) in [6.07, 6.45) is 1.51. The van der Waals surface area contributed by atoms with Crippen molar-refractivity contribution < 1.29 is 27.8 Å². The number of anilines is 2. The Morgan fingerprint density at radius 3 is 2.61 bits per heavy atom. The first kappa shape index (κ1) is 28.3. The number of carboxylic acid groups (broad SMARTS) is 1. The zero-order chi connectivity index (χ0) is 28.0. The van der Waals surface area contributed by atoms with E-state index in [2.05, 4.69) is 20.0 Å². The van der Waals surface area contributed by atoms with Gasteiger partial charge in [-0.3, -0.25) is 14.3 Å². The molecule has 5 heterocycles. The molecule has 1 aromatic carbocycles. The van der Waals surface area contributed by atoms with E-state index in [1.165, 1.54) is 16.8 Å². The predicted molar refractivity (Wildman–Crippen MR) is 148 cm³/mol. The van der Waals surface area contributed by atoms with Crippen LogP contribution in [-0.2, 0) is 11.3 Å². The van der Waals surface area contributed by atoms with E-state index in [0.29, 0.717) is 66.8 Å². The molecule has 6 rings (SSSR count). The lowest BCUT2D eigenvalue weighted by atomic mass is 10.2. The average molecular weight is 609 g/mol. The van der Waals surface area contributed by atoms with E-state index in [9.17, 15) is 18.4 Å². The SMILES string of the molecule is Cl.Nc1nc2c(sc(=O)n2CCN2CCN(c3ccc(F)c(OCC(=O)O)c3F)CC2)c2nc(-c3ccco3)nn12. The van der Waals surface area contributed by atoms with Gasteiger partial charge in [0.1, 0.15) is 4.70 Å². The molecule has 41 heavy (non-hydrogen) atoms. The van der Waals surface area contributed by atoms with Crippen LogP contribution in [-0.4, -0.2) is 79.5 Å². The highest BCUT2D eigenvalue weighted by molar-refractivity contribution is 7.17. The van der Waals surface area contributed by atoms with Crippen LogP contribution in [0.3, 0.4) is 0 Å². The zero-order valence-corrected chi connectivity index (χ0v) is 22.8. The number of carbonyl (C=O) groups is 1. The third-order valence-electron chi connectivity index (χ3n) is 6.58. The lowest BCUT2D eigenvalue weighted by molar-refractivity contribution is -0.139. The number of piperazine rings is 1. The summed E-state index contributed by atoms with van der Waals surface area (Å²) in [5, 5.41) is 13.1. The average Bonchev–Trinajstić information content (AvgIpc) is 3.67. The van der Waals surface area contributed by atoms with Crippen LogP contribution in [0.4, 0.5) is 20.4 Å². The molecular weight excluding hydrogens is 586 g/mol. The summed E-state index contributed by atoms with van der Waals surface area (Å²) in [7, 11) is 0. The number of nitrogen functional groups attached to an aromatic ring is 1. The summed E-state index contributed by atoms with van der Waals surface area (Å²) in [5.74, 6) is -3.08. The standard InChI is InChI=1S/C24H22F2N8O5S.ClH/c25-13-3-4-14(17(26)18(13)39-12-16(35)36)32-8-5-31(6-9-32)7-10-33-21-19(40-24(33)37)22-28-20(15-2-1-11-38-15)30-34(22)23(27)29-21;/h1-4,11H,5-10,12H2,(H2,27,29)(H,35,36);1H. The molecule has 1 aliphatic heterocycles. The minimum Gasteiger partial charge on any atom is -0.479 e. The molecule has 4 aromatic heterocycles. The summed E-state index contributed by atoms with van der Waals surface area (Å²) in [6.45, 7) is 1.98. The van der Waals surface area contributed by atoms with Crippen molar-refractivity contribution >= 4 is 57.3 Å². The maximum Gasteiger partial charge on any atom is 0.341 e. The molecule has 3 N–H and O–H groups in total. The normalized spacial score (nSPS) is 14.0. The molecule has 1 fully saturated rings. The Hall–Kier alpha value is -4.28.